The van der Waals surface area contributed by atoms with Gasteiger partial charge in [0.05, 0.1) is 17.4 Å². The lowest BCUT2D eigenvalue weighted by atomic mass is 10.2. The summed E-state index contributed by atoms with van der Waals surface area (Å²) in [4.78, 5) is 16.4. The molecule has 1 heterocycles. The summed E-state index contributed by atoms with van der Waals surface area (Å²) < 4.78 is 0. The molecule has 17 heavy (non-hydrogen) atoms. The Bertz CT molecular complexity index is 543. The van der Waals surface area contributed by atoms with Crippen molar-refractivity contribution in [2.75, 3.05) is 5.73 Å². The zero-order chi connectivity index (χ0) is 12.3. The Hall–Kier alpha value is -2.01. The van der Waals surface area contributed by atoms with Crippen LogP contribution in [-0.4, -0.2) is 10.9 Å². The molecule has 0 saturated carbocycles. The molecule has 1 aromatic carbocycles. The van der Waals surface area contributed by atoms with Crippen molar-refractivity contribution in [1.82, 2.24) is 4.98 Å². The summed E-state index contributed by atoms with van der Waals surface area (Å²) in [6.45, 7) is 0. The fourth-order valence-electron chi connectivity index (χ4n) is 1.33. The van der Waals surface area contributed by atoms with Crippen LogP contribution in [0.2, 0.25) is 0 Å². The van der Waals surface area contributed by atoms with E-state index in [0.29, 0.717) is 16.3 Å². The van der Waals surface area contributed by atoms with Crippen molar-refractivity contribution in [2.24, 2.45) is 5.73 Å². The Morgan fingerprint density at radius 3 is 2.59 bits per heavy atom. The first-order valence-corrected chi connectivity index (χ1v) is 5.76. The van der Waals surface area contributed by atoms with E-state index in [1.165, 1.54) is 18.0 Å². The number of anilines is 1. The molecule has 2 aromatic rings. The molecular formula is C12H11N3OS. The van der Waals surface area contributed by atoms with Gasteiger partial charge in [-0.05, 0) is 18.2 Å². The van der Waals surface area contributed by atoms with Crippen molar-refractivity contribution < 1.29 is 4.79 Å². The second-order valence-electron chi connectivity index (χ2n) is 3.40. The van der Waals surface area contributed by atoms with Crippen molar-refractivity contribution >= 4 is 23.4 Å². The fraction of sp³-hybridized carbons (Fsp3) is 0. The molecule has 0 aliphatic rings. The molecule has 4 N–H and O–H groups in total. The van der Waals surface area contributed by atoms with Gasteiger partial charge in [-0.15, -0.1) is 0 Å². The van der Waals surface area contributed by atoms with E-state index in [0.717, 1.165) is 4.90 Å². The molecule has 0 aliphatic carbocycles. The molecule has 0 bridgehead atoms. The second-order valence-corrected chi connectivity index (χ2v) is 4.46. The summed E-state index contributed by atoms with van der Waals surface area (Å²) in [5, 5.41) is 0.568. The Morgan fingerprint density at radius 2 is 1.94 bits per heavy atom. The van der Waals surface area contributed by atoms with Gasteiger partial charge in [-0.2, -0.15) is 0 Å². The van der Waals surface area contributed by atoms with E-state index in [9.17, 15) is 4.79 Å². The third kappa shape index (κ3) is 2.76. The van der Waals surface area contributed by atoms with Crippen molar-refractivity contribution in [3.63, 3.8) is 0 Å². The molecule has 0 atom stereocenters. The first-order chi connectivity index (χ1) is 8.16. The van der Waals surface area contributed by atoms with E-state index in [1.807, 2.05) is 30.3 Å². The number of pyridine rings is 1. The van der Waals surface area contributed by atoms with E-state index in [2.05, 4.69) is 4.98 Å². The molecule has 5 heteroatoms. The lowest BCUT2D eigenvalue weighted by Gasteiger charge is -2.06. The summed E-state index contributed by atoms with van der Waals surface area (Å²) in [6.07, 6.45) is 1.51. The van der Waals surface area contributed by atoms with Gasteiger partial charge in [0, 0.05) is 4.90 Å². The number of carbonyl (C=O) groups excluding carboxylic acids is 1. The molecule has 1 aromatic heterocycles. The second kappa shape index (κ2) is 4.88. The highest BCUT2D eigenvalue weighted by molar-refractivity contribution is 7.99. The standard InChI is InChI=1S/C12H11N3OS/c13-8-6-10(11(14)16)12(15-7-8)17-9-4-2-1-3-5-9/h1-7H,13H2,(H2,14,16). The molecule has 0 unspecified atom stereocenters. The van der Waals surface area contributed by atoms with Gasteiger partial charge in [0.15, 0.2) is 0 Å². The molecule has 0 fully saturated rings. The quantitative estimate of drug-likeness (QED) is 0.865. The highest BCUT2D eigenvalue weighted by Gasteiger charge is 2.11. The van der Waals surface area contributed by atoms with Gasteiger partial charge >= 0.3 is 0 Å². The topological polar surface area (TPSA) is 82.0 Å². The fourth-order valence-corrected chi connectivity index (χ4v) is 2.22. The summed E-state index contributed by atoms with van der Waals surface area (Å²) in [5.41, 5.74) is 11.6. The van der Waals surface area contributed by atoms with Crippen LogP contribution in [0, 0.1) is 0 Å². The predicted octanol–water partition coefficient (Wildman–Crippen LogP) is 1.91. The number of nitrogen functional groups attached to an aromatic ring is 1. The number of nitrogens with zero attached hydrogens (tertiary/aromatic N) is 1. The first-order valence-electron chi connectivity index (χ1n) is 4.95. The minimum Gasteiger partial charge on any atom is -0.397 e. The third-order valence-electron chi connectivity index (χ3n) is 2.10. The van der Waals surface area contributed by atoms with E-state index in [4.69, 9.17) is 11.5 Å². The van der Waals surface area contributed by atoms with Crippen molar-refractivity contribution in [3.8, 4) is 0 Å². The lowest BCUT2D eigenvalue weighted by Crippen LogP contribution is -2.13. The summed E-state index contributed by atoms with van der Waals surface area (Å²) in [6, 6.07) is 11.2. The number of primary amides is 1. The Balaban J connectivity index is 2.36. The van der Waals surface area contributed by atoms with Crippen LogP contribution in [0.1, 0.15) is 10.4 Å². The minimum atomic E-state index is -0.525. The monoisotopic (exact) mass is 245 g/mol. The molecule has 86 valence electrons. The highest BCUT2D eigenvalue weighted by Crippen LogP contribution is 2.28. The van der Waals surface area contributed by atoms with Crippen LogP contribution in [0.25, 0.3) is 0 Å². The Kier molecular flexibility index (Phi) is 3.30. The summed E-state index contributed by atoms with van der Waals surface area (Å²) in [7, 11) is 0. The molecular weight excluding hydrogens is 234 g/mol. The maximum absolute atomic E-state index is 11.3. The molecule has 1 amide bonds. The van der Waals surface area contributed by atoms with Crippen LogP contribution < -0.4 is 11.5 Å². The molecule has 0 aliphatic heterocycles. The smallest absolute Gasteiger partial charge is 0.251 e. The molecule has 2 rings (SSSR count). The summed E-state index contributed by atoms with van der Waals surface area (Å²) in [5.74, 6) is -0.525. The zero-order valence-corrected chi connectivity index (χ0v) is 9.78. The Labute approximate surface area is 103 Å². The number of hydrogen-bond acceptors (Lipinski definition) is 4. The molecule has 0 radical (unpaired) electrons. The van der Waals surface area contributed by atoms with Crippen molar-refractivity contribution in [2.45, 2.75) is 9.92 Å². The number of rotatable bonds is 3. The average Bonchev–Trinajstić information content (AvgIpc) is 2.32. The number of carbonyl (C=O) groups is 1. The van der Waals surface area contributed by atoms with E-state index in [1.54, 1.807) is 6.07 Å². The van der Waals surface area contributed by atoms with Gasteiger partial charge in [-0.1, -0.05) is 30.0 Å². The van der Waals surface area contributed by atoms with E-state index < -0.39 is 5.91 Å². The Morgan fingerprint density at radius 1 is 1.24 bits per heavy atom. The van der Waals surface area contributed by atoms with Crippen molar-refractivity contribution in [1.29, 1.82) is 0 Å². The van der Waals surface area contributed by atoms with Crippen LogP contribution in [0.5, 0.6) is 0 Å². The average molecular weight is 245 g/mol. The predicted molar refractivity (Wildman–Crippen MR) is 67.7 cm³/mol. The maximum Gasteiger partial charge on any atom is 0.251 e. The zero-order valence-electron chi connectivity index (χ0n) is 8.96. The van der Waals surface area contributed by atoms with Gasteiger partial charge in [-0.25, -0.2) is 4.98 Å². The highest BCUT2D eigenvalue weighted by atomic mass is 32.2. The minimum absolute atomic E-state index is 0.346. The van der Waals surface area contributed by atoms with Gasteiger partial charge in [0.1, 0.15) is 5.03 Å². The number of amides is 1. The SMILES string of the molecule is NC(=O)c1cc(N)cnc1Sc1ccccc1. The third-order valence-corrected chi connectivity index (χ3v) is 3.12. The molecule has 0 spiro atoms. The number of nitrogens with two attached hydrogens (primary N) is 2. The molecule has 4 nitrogen and oxygen atoms in total. The maximum atomic E-state index is 11.3. The number of hydrogen-bond donors (Lipinski definition) is 2. The first kappa shape index (κ1) is 11.5. The van der Waals surface area contributed by atoms with Crippen LogP contribution in [0.4, 0.5) is 5.69 Å². The number of benzene rings is 1. The van der Waals surface area contributed by atoms with Gasteiger partial charge in [0.2, 0.25) is 0 Å². The van der Waals surface area contributed by atoms with Gasteiger partial charge in [0.25, 0.3) is 5.91 Å². The van der Waals surface area contributed by atoms with E-state index in [-0.39, 0.29) is 0 Å². The normalized spacial score (nSPS) is 10.1. The lowest BCUT2D eigenvalue weighted by molar-refractivity contribution is 0.0997. The molecule has 0 saturated heterocycles. The van der Waals surface area contributed by atoms with E-state index >= 15 is 0 Å². The van der Waals surface area contributed by atoms with Gasteiger partial charge in [-0.3, -0.25) is 4.79 Å². The van der Waals surface area contributed by atoms with Gasteiger partial charge < -0.3 is 11.5 Å². The van der Waals surface area contributed by atoms with Crippen LogP contribution in [0.15, 0.2) is 52.5 Å². The van der Waals surface area contributed by atoms with Crippen molar-refractivity contribution in [3.05, 3.63) is 48.2 Å². The number of aromatic nitrogens is 1. The largest absolute Gasteiger partial charge is 0.397 e. The summed E-state index contributed by atoms with van der Waals surface area (Å²) >= 11 is 1.38. The van der Waals surface area contributed by atoms with Crippen LogP contribution in [0.3, 0.4) is 0 Å². The van der Waals surface area contributed by atoms with Crippen LogP contribution >= 0.6 is 11.8 Å². The van der Waals surface area contributed by atoms with Crippen LogP contribution in [-0.2, 0) is 0 Å².